The lowest BCUT2D eigenvalue weighted by molar-refractivity contribution is 0.649. The number of halogens is 3. The zero-order valence-electron chi connectivity index (χ0n) is 29.0. The molecule has 0 atom stereocenters. The van der Waals surface area contributed by atoms with Crippen LogP contribution in [0.2, 0.25) is 15.1 Å². The van der Waals surface area contributed by atoms with Gasteiger partial charge in [-0.2, -0.15) is 0 Å². The Kier molecular flexibility index (Phi) is 9.24. The number of nitrogens with zero attached hydrogens (tertiary/aromatic N) is 8. The number of aromatic nitrogens is 8. The van der Waals surface area contributed by atoms with E-state index in [0.29, 0.717) is 41.2 Å². The Morgan fingerprint density at radius 3 is 1.30 bits per heavy atom. The molecule has 0 saturated carbocycles. The molecule has 0 amide bonds. The van der Waals surface area contributed by atoms with E-state index in [-0.39, 0.29) is 5.92 Å². The molecule has 0 aliphatic carbocycles. The highest BCUT2D eigenvalue weighted by atomic mass is 35.5. The number of hydrogen-bond acceptors (Lipinski definition) is 4. The number of fused-ring (bicyclic) bond motifs is 2. The first kappa shape index (κ1) is 34.1. The second-order valence-corrected chi connectivity index (χ2v) is 14.8. The SMILES string of the molecule is Clc1ccc(Cn2cc(Cn3cc(C(c4ccc(Cl)cc4)c4cn(Cc5cn(Cc6ccc(Cl)cc6)nn5)c5ccccc45)c4ccccc43)nn2)cc1. The third-order valence-electron chi connectivity index (χ3n) is 9.82. The fraction of sp³-hybridized carbons (Fsp3) is 0.116. The average Bonchev–Trinajstić information content (AvgIpc) is 3.99. The van der Waals surface area contributed by atoms with Gasteiger partial charge in [0.1, 0.15) is 11.4 Å². The molecule has 0 aliphatic heterocycles. The van der Waals surface area contributed by atoms with Gasteiger partial charge in [0.25, 0.3) is 0 Å². The molecule has 0 spiro atoms. The summed E-state index contributed by atoms with van der Waals surface area (Å²) in [6.45, 7) is 2.37. The van der Waals surface area contributed by atoms with Gasteiger partial charge in [-0.1, -0.05) is 118 Å². The van der Waals surface area contributed by atoms with Crippen LogP contribution in [-0.4, -0.2) is 39.1 Å². The summed E-state index contributed by atoms with van der Waals surface area (Å²) in [7, 11) is 0. The van der Waals surface area contributed by atoms with Crippen molar-refractivity contribution in [1.82, 2.24) is 39.1 Å². The molecule has 9 aromatic rings. The van der Waals surface area contributed by atoms with Crippen LogP contribution >= 0.6 is 34.8 Å². The van der Waals surface area contributed by atoms with Gasteiger partial charge in [-0.15, -0.1) is 10.2 Å². The minimum absolute atomic E-state index is 0.0965. The minimum Gasteiger partial charge on any atom is -0.341 e. The van der Waals surface area contributed by atoms with Gasteiger partial charge in [0, 0.05) is 55.2 Å². The lowest BCUT2D eigenvalue weighted by Crippen LogP contribution is -2.04. The summed E-state index contributed by atoms with van der Waals surface area (Å²) < 4.78 is 8.30. The summed E-state index contributed by atoms with van der Waals surface area (Å²) in [6, 6.07) is 41.0. The van der Waals surface area contributed by atoms with Crippen LogP contribution in [-0.2, 0) is 26.2 Å². The van der Waals surface area contributed by atoms with E-state index in [9.17, 15) is 0 Å². The molecule has 0 unspecified atom stereocenters. The summed E-state index contributed by atoms with van der Waals surface area (Å²) in [6.07, 6.45) is 8.57. The molecule has 0 saturated heterocycles. The molecule has 4 aromatic heterocycles. The largest absolute Gasteiger partial charge is 0.341 e. The van der Waals surface area contributed by atoms with Crippen LogP contribution in [0, 0.1) is 0 Å². The summed E-state index contributed by atoms with van der Waals surface area (Å²) in [5, 5.41) is 22.5. The van der Waals surface area contributed by atoms with E-state index >= 15 is 0 Å². The normalized spacial score (nSPS) is 11.7. The molecule has 5 aromatic carbocycles. The van der Waals surface area contributed by atoms with Gasteiger partial charge in [0.15, 0.2) is 0 Å². The number of rotatable bonds is 11. The van der Waals surface area contributed by atoms with Crippen LogP contribution < -0.4 is 0 Å². The molecular weight excluding hydrogens is 735 g/mol. The second-order valence-electron chi connectivity index (χ2n) is 13.5. The zero-order chi connectivity index (χ0) is 36.6. The summed E-state index contributed by atoms with van der Waals surface area (Å²) >= 11 is 18.7. The quantitative estimate of drug-likeness (QED) is 0.131. The van der Waals surface area contributed by atoms with E-state index in [0.717, 1.165) is 39.1 Å². The fourth-order valence-electron chi connectivity index (χ4n) is 7.33. The van der Waals surface area contributed by atoms with Crippen LogP contribution in [0.1, 0.15) is 45.1 Å². The first-order valence-electron chi connectivity index (χ1n) is 17.6. The van der Waals surface area contributed by atoms with Gasteiger partial charge in [-0.3, -0.25) is 0 Å². The molecule has 0 aliphatic rings. The maximum absolute atomic E-state index is 6.46. The summed E-state index contributed by atoms with van der Waals surface area (Å²) in [5.74, 6) is -0.0965. The fourth-order valence-corrected chi connectivity index (χ4v) is 7.71. The van der Waals surface area contributed by atoms with Crippen LogP contribution in [0.4, 0.5) is 0 Å². The number of para-hydroxylation sites is 2. The van der Waals surface area contributed by atoms with E-state index in [4.69, 9.17) is 34.8 Å². The molecule has 54 heavy (non-hydrogen) atoms. The van der Waals surface area contributed by atoms with E-state index in [1.54, 1.807) is 0 Å². The van der Waals surface area contributed by atoms with Crippen molar-refractivity contribution in [1.29, 1.82) is 0 Å². The van der Waals surface area contributed by atoms with Crippen LogP contribution in [0.15, 0.2) is 146 Å². The third-order valence-corrected chi connectivity index (χ3v) is 10.6. The van der Waals surface area contributed by atoms with Gasteiger partial charge >= 0.3 is 0 Å². The van der Waals surface area contributed by atoms with E-state index in [2.05, 4.69) is 103 Å². The van der Waals surface area contributed by atoms with Crippen LogP contribution in [0.25, 0.3) is 21.8 Å². The topological polar surface area (TPSA) is 71.3 Å². The highest BCUT2D eigenvalue weighted by molar-refractivity contribution is 6.31. The highest BCUT2D eigenvalue weighted by Gasteiger charge is 2.26. The third kappa shape index (κ3) is 7.03. The van der Waals surface area contributed by atoms with Crippen LogP contribution in [0.5, 0.6) is 0 Å². The maximum atomic E-state index is 6.46. The van der Waals surface area contributed by atoms with Crippen molar-refractivity contribution in [2.24, 2.45) is 0 Å². The number of benzene rings is 5. The molecule has 0 N–H and O–H groups in total. The molecule has 9 rings (SSSR count). The highest BCUT2D eigenvalue weighted by Crippen LogP contribution is 2.41. The molecule has 11 heteroatoms. The first-order valence-corrected chi connectivity index (χ1v) is 18.7. The Morgan fingerprint density at radius 1 is 0.444 bits per heavy atom. The van der Waals surface area contributed by atoms with E-state index < -0.39 is 0 Å². The lowest BCUT2D eigenvalue weighted by Gasteiger charge is -2.18. The smallest absolute Gasteiger partial charge is 0.102 e. The predicted molar refractivity (Wildman–Crippen MR) is 216 cm³/mol. The van der Waals surface area contributed by atoms with Crippen molar-refractivity contribution >= 4 is 56.6 Å². The van der Waals surface area contributed by atoms with Crippen molar-refractivity contribution in [3.63, 3.8) is 0 Å². The molecule has 0 fully saturated rings. The maximum Gasteiger partial charge on any atom is 0.102 e. The molecule has 8 nitrogen and oxygen atoms in total. The Labute approximate surface area is 326 Å². The first-order chi connectivity index (χ1) is 26.4. The van der Waals surface area contributed by atoms with Crippen molar-refractivity contribution in [2.45, 2.75) is 32.1 Å². The van der Waals surface area contributed by atoms with Crippen molar-refractivity contribution < 1.29 is 0 Å². The zero-order valence-corrected chi connectivity index (χ0v) is 31.2. The molecule has 266 valence electrons. The summed E-state index contributed by atoms with van der Waals surface area (Å²) in [5.41, 5.74) is 9.75. The molecule has 4 heterocycles. The van der Waals surface area contributed by atoms with Gasteiger partial charge in [0.2, 0.25) is 0 Å². The molecule has 0 bridgehead atoms. The Balaban J connectivity index is 1.09. The lowest BCUT2D eigenvalue weighted by atomic mass is 9.85. The number of hydrogen-bond donors (Lipinski definition) is 0. The monoisotopic (exact) mass is 766 g/mol. The minimum atomic E-state index is -0.0965. The van der Waals surface area contributed by atoms with Gasteiger partial charge in [-0.05, 0) is 76.3 Å². The van der Waals surface area contributed by atoms with Crippen LogP contribution in [0.3, 0.4) is 0 Å². The van der Waals surface area contributed by atoms with Crippen molar-refractivity contribution in [2.75, 3.05) is 0 Å². The van der Waals surface area contributed by atoms with E-state index in [1.807, 2.05) is 82.4 Å². The summed E-state index contributed by atoms with van der Waals surface area (Å²) in [4.78, 5) is 0. The average molecular weight is 768 g/mol. The second kappa shape index (κ2) is 14.6. The Hall–Kier alpha value is -5.67. The van der Waals surface area contributed by atoms with Gasteiger partial charge < -0.3 is 9.13 Å². The Bertz CT molecular complexity index is 2540. The predicted octanol–water partition coefficient (Wildman–Crippen LogP) is 10.1. The van der Waals surface area contributed by atoms with Crippen molar-refractivity contribution in [3.8, 4) is 0 Å². The Morgan fingerprint density at radius 2 is 0.852 bits per heavy atom. The van der Waals surface area contributed by atoms with Crippen molar-refractivity contribution in [3.05, 3.63) is 200 Å². The molecule has 0 radical (unpaired) electrons. The standard InChI is InChI=1S/C43H33Cl3N8/c44-32-15-9-29(10-16-32)21-53-25-35(47-49-53)23-51-27-39(37-5-1-3-7-41(37)51)43(31-13-19-34(46)20-14-31)40-28-52(42-8-4-2-6-38(40)42)24-36-26-54(50-48-36)22-30-11-17-33(45)18-12-30/h1-20,25-28,43H,21-24H2. The van der Waals surface area contributed by atoms with Gasteiger partial charge in [0.05, 0.1) is 38.6 Å². The van der Waals surface area contributed by atoms with E-state index in [1.165, 1.54) is 21.9 Å². The van der Waals surface area contributed by atoms with Gasteiger partial charge in [-0.25, -0.2) is 9.36 Å². The molecular formula is C43H33Cl3N8.